The first-order chi connectivity index (χ1) is 11.3. The molecule has 0 aromatic carbocycles. The molecular weight excluding hydrogens is 346 g/mol. The molecule has 0 unspecified atom stereocenters. The van der Waals surface area contributed by atoms with E-state index in [1.807, 2.05) is 0 Å². The van der Waals surface area contributed by atoms with Gasteiger partial charge >= 0.3 is 0 Å². The van der Waals surface area contributed by atoms with Crippen LogP contribution in [0.15, 0.2) is 0 Å². The van der Waals surface area contributed by atoms with E-state index in [0.29, 0.717) is 24.9 Å². The zero-order valence-corrected chi connectivity index (χ0v) is 16.5. The molecule has 2 bridgehead atoms. The summed E-state index contributed by atoms with van der Waals surface area (Å²) in [7, 11) is -0.120. The van der Waals surface area contributed by atoms with Gasteiger partial charge in [-0.2, -0.15) is 17.0 Å². The second kappa shape index (κ2) is 6.95. The van der Waals surface area contributed by atoms with E-state index in [1.165, 1.54) is 20.7 Å². The number of aromatic nitrogens is 2. The second-order valence-electron chi connectivity index (χ2n) is 7.37. The van der Waals surface area contributed by atoms with Crippen molar-refractivity contribution >= 4 is 21.7 Å². The van der Waals surface area contributed by atoms with Crippen LogP contribution < -0.4 is 0 Å². The summed E-state index contributed by atoms with van der Waals surface area (Å²) in [5.41, 5.74) is 1.08. The molecule has 7 nitrogen and oxygen atoms in total. The van der Waals surface area contributed by atoms with Crippen LogP contribution in [0.4, 0.5) is 0 Å². The van der Waals surface area contributed by atoms with Gasteiger partial charge in [-0.15, -0.1) is 5.10 Å². The van der Waals surface area contributed by atoms with Gasteiger partial charge in [0.05, 0.1) is 10.6 Å². The third-order valence-corrected chi connectivity index (χ3v) is 7.66. The predicted octanol–water partition coefficient (Wildman–Crippen LogP) is 1.36. The molecule has 0 N–H and O–H groups in total. The number of fused-ring (bicyclic) bond motifs is 4. The van der Waals surface area contributed by atoms with Crippen LogP contribution >= 0.6 is 11.5 Å². The summed E-state index contributed by atoms with van der Waals surface area (Å²) in [5.74, 6) is 0.774. The maximum absolute atomic E-state index is 12.5. The summed E-state index contributed by atoms with van der Waals surface area (Å²) < 4.78 is 32.2. The fraction of sp³-hybridized carbons (Fsp3) is 0.867. The Hall–Kier alpha value is -0.610. The molecule has 0 amide bonds. The first kappa shape index (κ1) is 18.2. The molecule has 3 aliphatic rings. The Morgan fingerprint density at radius 1 is 1.25 bits per heavy atom. The number of nitrogens with zero attached hydrogens (tertiary/aromatic N) is 5. The van der Waals surface area contributed by atoms with E-state index in [2.05, 4.69) is 28.3 Å². The minimum atomic E-state index is -3.34. The van der Waals surface area contributed by atoms with Crippen LogP contribution in [0.5, 0.6) is 0 Å². The monoisotopic (exact) mass is 373 g/mol. The van der Waals surface area contributed by atoms with E-state index in [9.17, 15) is 8.42 Å². The minimum absolute atomic E-state index is 0.278. The Kier molecular flexibility index (Phi) is 5.27. The van der Waals surface area contributed by atoms with Crippen LogP contribution in [0.1, 0.15) is 43.2 Å². The van der Waals surface area contributed by atoms with Gasteiger partial charge in [-0.05, 0) is 36.2 Å². The average molecular weight is 374 g/mol. The van der Waals surface area contributed by atoms with Gasteiger partial charge in [-0.25, -0.2) is 0 Å². The van der Waals surface area contributed by atoms with Crippen LogP contribution in [0.2, 0.25) is 0 Å². The van der Waals surface area contributed by atoms with Gasteiger partial charge in [0.25, 0.3) is 10.2 Å². The van der Waals surface area contributed by atoms with Gasteiger partial charge in [0, 0.05) is 46.3 Å². The van der Waals surface area contributed by atoms with Crippen molar-refractivity contribution in [1.29, 1.82) is 0 Å². The highest BCUT2D eigenvalue weighted by molar-refractivity contribution is 7.86. The van der Waals surface area contributed by atoms with Gasteiger partial charge < -0.3 is 0 Å². The van der Waals surface area contributed by atoms with Crippen molar-refractivity contribution in [3.63, 3.8) is 0 Å². The van der Waals surface area contributed by atoms with Gasteiger partial charge in [0.2, 0.25) is 0 Å². The van der Waals surface area contributed by atoms with Crippen molar-refractivity contribution in [1.82, 2.24) is 23.1 Å². The van der Waals surface area contributed by atoms with Crippen LogP contribution in [-0.2, 0) is 16.8 Å². The molecule has 3 fully saturated rings. The maximum Gasteiger partial charge on any atom is 0.281 e. The molecule has 9 heteroatoms. The van der Waals surface area contributed by atoms with Crippen LogP contribution in [0, 0.1) is 5.92 Å². The Morgan fingerprint density at radius 3 is 2.67 bits per heavy atom. The normalized spacial score (nSPS) is 26.4. The Bertz CT molecular complexity index is 673. The third kappa shape index (κ3) is 3.50. The fourth-order valence-corrected chi connectivity index (χ4v) is 5.74. The standard InChI is InChI=1S/C15H27N5O2S2/c1-11(2)15-14(23-17-16-15)10-19-7-12-5-6-13(19)9-20(8-12)24(21,22)18(3)4/h11-13H,5-10H2,1-4H3/t12-,13-/m1/s1. The van der Waals surface area contributed by atoms with E-state index >= 15 is 0 Å². The first-order valence-corrected chi connectivity index (χ1v) is 10.7. The topological polar surface area (TPSA) is 69.6 Å². The van der Waals surface area contributed by atoms with E-state index in [4.69, 9.17) is 0 Å². The highest BCUT2D eigenvalue weighted by atomic mass is 32.2. The summed E-state index contributed by atoms with van der Waals surface area (Å²) in [6.45, 7) is 7.29. The number of piperidine rings is 1. The molecule has 0 radical (unpaired) electrons. The molecule has 3 aliphatic heterocycles. The van der Waals surface area contributed by atoms with Crippen LogP contribution in [0.25, 0.3) is 0 Å². The smallest absolute Gasteiger partial charge is 0.281 e. The summed E-state index contributed by atoms with van der Waals surface area (Å²) >= 11 is 1.47. The lowest BCUT2D eigenvalue weighted by molar-refractivity contribution is 0.126. The number of rotatable bonds is 5. The summed E-state index contributed by atoms with van der Waals surface area (Å²) in [5, 5.41) is 4.27. The molecule has 1 aromatic heterocycles. The zero-order chi connectivity index (χ0) is 17.5. The molecule has 0 spiro atoms. The number of hydrogen-bond donors (Lipinski definition) is 0. The second-order valence-corrected chi connectivity index (χ2v) is 10.4. The summed E-state index contributed by atoms with van der Waals surface area (Å²) in [6, 6.07) is 0.278. The van der Waals surface area contributed by atoms with Crippen molar-refractivity contribution in [2.75, 3.05) is 33.7 Å². The van der Waals surface area contributed by atoms with Crippen molar-refractivity contribution in [3.05, 3.63) is 10.6 Å². The van der Waals surface area contributed by atoms with Gasteiger partial charge in [0.1, 0.15) is 0 Å². The largest absolute Gasteiger partial charge is 0.294 e. The zero-order valence-electron chi connectivity index (χ0n) is 14.8. The third-order valence-electron chi connectivity index (χ3n) is 5.06. The SMILES string of the molecule is CC(C)c1nnsc1CN1C[C@H]2CC[C@@H]1CN(S(=O)(=O)N(C)C)C2. The van der Waals surface area contributed by atoms with Crippen molar-refractivity contribution in [3.8, 4) is 0 Å². The van der Waals surface area contributed by atoms with Gasteiger partial charge in [-0.1, -0.05) is 18.3 Å². The van der Waals surface area contributed by atoms with Crippen molar-refractivity contribution in [2.24, 2.45) is 5.92 Å². The lowest BCUT2D eigenvalue weighted by Gasteiger charge is -2.35. The van der Waals surface area contributed by atoms with Crippen LogP contribution in [-0.4, -0.2) is 71.3 Å². The van der Waals surface area contributed by atoms with E-state index in [-0.39, 0.29) is 6.04 Å². The van der Waals surface area contributed by atoms with E-state index in [1.54, 1.807) is 18.4 Å². The Labute approximate surface area is 149 Å². The fourth-order valence-electron chi connectivity index (χ4n) is 3.70. The molecule has 1 aromatic rings. The quantitative estimate of drug-likeness (QED) is 0.779. The molecule has 136 valence electrons. The molecule has 0 aliphatic carbocycles. The highest BCUT2D eigenvalue weighted by Gasteiger charge is 2.40. The minimum Gasteiger partial charge on any atom is -0.294 e. The average Bonchev–Trinajstić information content (AvgIpc) is 2.77. The lowest BCUT2D eigenvalue weighted by Crippen LogP contribution is -2.45. The lowest BCUT2D eigenvalue weighted by atomic mass is 9.95. The summed E-state index contributed by atoms with van der Waals surface area (Å²) in [6.07, 6.45) is 2.17. The Balaban J connectivity index is 1.78. The van der Waals surface area contributed by atoms with Gasteiger partial charge in [0.15, 0.2) is 0 Å². The molecule has 3 saturated heterocycles. The van der Waals surface area contributed by atoms with Crippen molar-refractivity contribution in [2.45, 2.75) is 45.2 Å². The molecule has 0 saturated carbocycles. The maximum atomic E-state index is 12.5. The van der Waals surface area contributed by atoms with Crippen molar-refractivity contribution < 1.29 is 8.42 Å². The first-order valence-electron chi connectivity index (χ1n) is 8.51. The predicted molar refractivity (Wildman–Crippen MR) is 95.1 cm³/mol. The van der Waals surface area contributed by atoms with E-state index in [0.717, 1.165) is 31.6 Å². The molecule has 4 heterocycles. The van der Waals surface area contributed by atoms with Gasteiger partial charge in [-0.3, -0.25) is 4.90 Å². The molecular formula is C15H27N5O2S2. The molecule has 4 rings (SSSR count). The highest BCUT2D eigenvalue weighted by Crippen LogP contribution is 2.32. The summed E-state index contributed by atoms with van der Waals surface area (Å²) in [4.78, 5) is 3.67. The molecule has 2 atom stereocenters. The Morgan fingerprint density at radius 2 is 2.00 bits per heavy atom. The van der Waals surface area contributed by atoms with E-state index < -0.39 is 10.2 Å². The number of hydrogen-bond acceptors (Lipinski definition) is 6. The molecule has 24 heavy (non-hydrogen) atoms. The van der Waals surface area contributed by atoms with Crippen LogP contribution in [0.3, 0.4) is 0 Å².